The molecule has 0 aliphatic heterocycles. The third-order valence-corrected chi connectivity index (χ3v) is 5.08. The first-order valence-corrected chi connectivity index (χ1v) is 7.87. The number of hydrogen-bond donors (Lipinski definition) is 0. The average Bonchev–Trinajstić information content (AvgIpc) is 2.40. The van der Waals surface area contributed by atoms with Crippen LogP contribution < -0.4 is 0 Å². The van der Waals surface area contributed by atoms with Gasteiger partial charge in [0.2, 0.25) is 0 Å². The second kappa shape index (κ2) is 7.41. The first-order valence-electron chi connectivity index (χ1n) is 7.87. The number of hydrogen-bond acceptors (Lipinski definition) is 1. The molecule has 2 aliphatic carbocycles. The van der Waals surface area contributed by atoms with Crippen LogP contribution in [0, 0.1) is 17.8 Å². The molecule has 0 aromatic carbocycles. The predicted molar refractivity (Wildman–Crippen MR) is 73.1 cm³/mol. The molecule has 0 bridgehead atoms. The monoisotopic (exact) mass is 238 g/mol. The predicted octanol–water partition coefficient (Wildman–Crippen LogP) is 4.80. The zero-order valence-corrected chi connectivity index (χ0v) is 11.6. The van der Waals surface area contributed by atoms with Gasteiger partial charge in [0.15, 0.2) is 0 Å². The Bertz CT molecular complexity index is 188. The zero-order valence-electron chi connectivity index (χ0n) is 11.6. The van der Waals surface area contributed by atoms with Crippen molar-refractivity contribution in [2.75, 3.05) is 13.7 Å². The van der Waals surface area contributed by atoms with Gasteiger partial charge in [-0.2, -0.15) is 0 Å². The summed E-state index contributed by atoms with van der Waals surface area (Å²) in [4.78, 5) is 0. The second-order valence-corrected chi connectivity index (χ2v) is 6.42. The average molecular weight is 238 g/mol. The van der Waals surface area contributed by atoms with Crippen molar-refractivity contribution in [3.8, 4) is 0 Å². The van der Waals surface area contributed by atoms with Gasteiger partial charge in [-0.3, -0.25) is 0 Å². The second-order valence-electron chi connectivity index (χ2n) is 6.42. The van der Waals surface area contributed by atoms with E-state index in [2.05, 4.69) is 0 Å². The largest absolute Gasteiger partial charge is 0.384 e. The Kier molecular flexibility index (Phi) is 5.84. The van der Waals surface area contributed by atoms with Gasteiger partial charge in [-0.1, -0.05) is 57.8 Å². The molecule has 0 heterocycles. The molecule has 0 unspecified atom stereocenters. The maximum atomic E-state index is 5.27. The van der Waals surface area contributed by atoms with Gasteiger partial charge in [0.05, 0.1) is 0 Å². The third kappa shape index (κ3) is 4.62. The van der Waals surface area contributed by atoms with Crippen LogP contribution in [0.5, 0.6) is 0 Å². The van der Waals surface area contributed by atoms with E-state index in [1.54, 1.807) is 0 Å². The van der Waals surface area contributed by atoms with E-state index in [0.717, 1.165) is 24.4 Å². The molecule has 0 aromatic heterocycles. The van der Waals surface area contributed by atoms with E-state index < -0.39 is 0 Å². The molecule has 2 saturated carbocycles. The standard InChI is InChI=1S/C16H30O/c1-17-13-16-11-9-15(10-12-16)8-7-14-5-3-2-4-6-14/h14-16H,2-13H2,1H3. The first kappa shape index (κ1) is 13.4. The summed E-state index contributed by atoms with van der Waals surface area (Å²) in [7, 11) is 1.84. The summed E-state index contributed by atoms with van der Waals surface area (Å²) < 4.78 is 5.27. The maximum Gasteiger partial charge on any atom is 0.0490 e. The third-order valence-electron chi connectivity index (χ3n) is 5.08. The summed E-state index contributed by atoms with van der Waals surface area (Å²) in [5.41, 5.74) is 0. The SMILES string of the molecule is COCC1CCC(CCC2CCCCC2)CC1. The van der Waals surface area contributed by atoms with Gasteiger partial charge >= 0.3 is 0 Å². The van der Waals surface area contributed by atoms with Gasteiger partial charge in [0.1, 0.15) is 0 Å². The zero-order chi connectivity index (χ0) is 11.9. The van der Waals surface area contributed by atoms with Crippen LogP contribution in [0.4, 0.5) is 0 Å². The minimum atomic E-state index is 0.867. The van der Waals surface area contributed by atoms with Crippen molar-refractivity contribution in [2.45, 2.75) is 70.6 Å². The smallest absolute Gasteiger partial charge is 0.0490 e. The van der Waals surface area contributed by atoms with E-state index in [-0.39, 0.29) is 0 Å². The lowest BCUT2D eigenvalue weighted by atomic mass is 9.77. The minimum absolute atomic E-state index is 0.867. The number of methoxy groups -OCH3 is 1. The van der Waals surface area contributed by atoms with Crippen molar-refractivity contribution in [1.29, 1.82) is 0 Å². The topological polar surface area (TPSA) is 9.23 Å². The molecule has 1 nitrogen and oxygen atoms in total. The van der Waals surface area contributed by atoms with Crippen molar-refractivity contribution >= 4 is 0 Å². The Morgan fingerprint density at radius 3 is 1.82 bits per heavy atom. The normalized spacial score (nSPS) is 31.6. The van der Waals surface area contributed by atoms with Gasteiger partial charge in [-0.05, 0) is 30.6 Å². The molecule has 2 aliphatic rings. The Hall–Kier alpha value is -0.0400. The fourth-order valence-corrected chi connectivity index (χ4v) is 3.87. The van der Waals surface area contributed by atoms with Gasteiger partial charge in [-0.25, -0.2) is 0 Å². The Labute approximate surface area is 107 Å². The minimum Gasteiger partial charge on any atom is -0.384 e. The van der Waals surface area contributed by atoms with Gasteiger partial charge < -0.3 is 4.74 Å². The van der Waals surface area contributed by atoms with E-state index in [1.807, 2.05) is 7.11 Å². The van der Waals surface area contributed by atoms with Crippen molar-refractivity contribution in [3.63, 3.8) is 0 Å². The number of ether oxygens (including phenoxy) is 1. The van der Waals surface area contributed by atoms with Crippen LogP contribution in [0.3, 0.4) is 0 Å². The van der Waals surface area contributed by atoms with Gasteiger partial charge in [-0.15, -0.1) is 0 Å². The highest BCUT2D eigenvalue weighted by Crippen LogP contribution is 2.35. The fourth-order valence-electron chi connectivity index (χ4n) is 3.87. The van der Waals surface area contributed by atoms with Crippen molar-refractivity contribution < 1.29 is 4.74 Å². The molecular formula is C16H30O. The van der Waals surface area contributed by atoms with Crippen LogP contribution in [0.15, 0.2) is 0 Å². The van der Waals surface area contributed by atoms with Crippen LogP contribution in [-0.4, -0.2) is 13.7 Å². The van der Waals surface area contributed by atoms with Gasteiger partial charge in [0, 0.05) is 13.7 Å². The Morgan fingerprint density at radius 2 is 1.24 bits per heavy atom. The van der Waals surface area contributed by atoms with Crippen molar-refractivity contribution in [2.24, 2.45) is 17.8 Å². The molecule has 100 valence electrons. The summed E-state index contributed by atoms with van der Waals surface area (Å²) in [6, 6.07) is 0. The molecule has 2 rings (SSSR count). The number of rotatable bonds is 5. The highest BCUT2D eigenvalue weighted by Gasteiger charge is 2.22. The van der Waals surface area contributed by atoms with Crippen molar-refractivity contribution in [1.82, 2.24) is 0 Å². The van der Waals surface area contributed by atoms with E-state index in [4.69, 9.17) is 4.74 Å². The van der Waals surface area contributed by atoms with Crippen LogP contribution in [0.25, 0.3) is 0 Å². The van der Waals surface area contributed by atoms with Crippen LogP contribution in [0.2, 0.25) is 0 Å². The maximum absolute atomic E-state index is 5.27. The Balaban J connectivity index is 1.57. The summed E-state index contributed by atoms with van der Waals surface area (Å²) >= 11 is 0. The highest BCUT2D eigenvalue weighted by atomic mass is 16.5. The van der Waals surface area contributed by atoms with Crippen LogP contribution >= 0.6 is 0 Å². The van der Waals surface area contributed by atoms with E-state index in [0.29, 0.717) is 0 Å². The van der Waals surface area contributed by atoms with E-state index in [9.17, 15) is 0 Å². The lowest BCUT2D eigenvalue weighted by Gasteiger charge is -2.30. The van der Waals surface area contributed by atoms with Gasteiger partial charge in [0.25, 0.3) is 0 Å². The molecule has 17 heavy (non-hydrogen) atoms. The molecule has 0 radical (unpaired) electrons. The summed E-state index contributed by atoms with van der Waals surface area (Å²) in [5.74, 6) is 3.00. The Morgan fingerprint density at radius 1 is 0.706 bits per heavy atom. The molecular weight excluding hydrogens is 208 g/mol. The van der Waals surface area contributed by atoms with E-state index >= 15 is 0 Å². The molecule has 0 spiro atoms. The molecule has 0 saturated heterocycles. The highest BCUT2D eigenvalue weighted by molar-refractivity contribution is 4.74. The molecule has 1 heteroatoms. The van der Waals surface area contributed by atoms with E-state index in [1.165, 1.54) is 70.6 Å². The fraction of sp³-hybridized carbons (Fsp3) is 1.00. The van der Waals surface area contributed by atoms with Crippen LogP contribution in [-0.2, 0) is 4.74 Å². The summed E-state index contributed by atoms with van der Waals surface area (Å²) in [6.45, 7) is 0.995. The lowest BCUT2D eigenvalue weighted by molar-refractivity contribution is 0.115. The molecule has 0 N–H and O–H groups in total. The molecule has 2 fully saturated rings. The lowest BCUT2D eigenvalue weighted by Crippen LogP contribution is -2.19. The first-order chi connectivity index (χ1) is 8.38. The molecule has 0 amide bonds. The summed E-state index contributed by atoms with van der Waals surface area (Å²) in [6.07, 6.45) is 16.4. The van der Waals surface area contributed by atoms with Crippen molar-refractivity contribution in [3.05, 3.63) is 0 Å². The molecule has 0 aromatic rings. The summed E-state index contributed by atoms with van der Waals surface area (Å²) in [5, 5.41) is 0. The van der Waals surface area contributed by atoms with Crippen LogP contribution in [0.1, 0.15) is 70.6 Å². The quantitative estimate of drug-likeness (QED) is 0.668. The molecule has 0 atom stereocenters.